The Kier molecular flexibility index (Phi) is 8.98. The number of hydrogen-bond donors (Lipinski definition) is 2. The Labute approximate surface area is 158 Å². The van der Waals surface area contributed by atoms with Gasteiger partial charge in [0.25, 0.3) is 0 Å². The Hall–Kier alpha value is -2.90. The van der Waals surface area contributed by atoms with E-state index in [4.69, 9.17) is 4.74 Å². The molecule has 0 saturated heterocycles. The summed E-state index contributed by atoms with van der Waals surface area (Å²) in [7, 11) is 2.44. The molecule has 2 amide bonds. The number of benzene rings is 1. The first-order valence-corrected chi connectivity index (χ1v) is 8.54. The fraction of sp³-hybridized carbons (Fsp3) is 0.474. The van der Waals surface area contributed by atoms with Crippen molar-refractivity contribution in [1.82, 2.24) is 10.6 Å². The Morgan fingerprint density at radius 2 is 1.63 bits per heavy atom. The summed E-state index contributed by atoms with van der Waals surface area (Å²) in [6, 6.07) is 7.25. The lowest BCUT2D eigenvalue weighted by Crippen LogP contribution is -2.54. The van der Waals surface area contributed by atoms with Gasteiger partial charge in [0.1, 0.15) is 12.1 Å². The lowest BCUT2D eigenvalue weighted by atomic mass is 9.97. The minimum Gasteiger partial charge on any atom is -0.469 e. The van der Waals surface area contributed by atoms with Crippen LogP contribution in [0.2, 0.25) is 0 Å². The highest BCUT2D eigenvalue weighted by Crippen LogP contribution is 2.12. The summed E-state index contributed by atoms with van der Waals surface area (Å²) in [6.07, 6.45) is 0.186. The summed E-state index contributed by atoms with van der Waals surface area (Å²) in [6.45, 7) is 2.94. The van der Waals surface area contributed by atoms with Gasteiger partial charge in [-0.2, -0.15) is 0 Å². The third-order valence-corrected chi connectivity index (χ3v) is 4.01. The lowest BCUT2D eigenvalue weighted by molar-refractivity contribution is -0.148. The molecule has 0 spiro atoms. The van der Waals surface area contributed by atoms with E-state index in [9.17, 15) is 19.2 Å². The van der Waals surface area contributed by atoms with Crippen molar-refractivity contribution in [3.05, 3.63) is 35.9 Å². The van der Waals surface area contributed by atoms with Crippen LogP contribution < -0.4 is 10.6 Å². The molecule has 8 heteroatoms. The molecule has 3 atom stereocenters. The van der Waals surface area contributed by atoms with Crippen LogP contribution in [0.5, 0.6) is 0 Å². The van der Waals surface area contributed by atoms with Crippen LogP contribution in [0.3, 0.4) is 0 Å². The maximum atomic E-state index is 12.7. The number of rotatable bonds is 9. The molecule has 0 fully saturated rings. The van der Waals surface area contributed by atoms with Crippen LogP contribution in [0.1, 0.15) is 25.8 Å². The first kappa shape index (κ1) is 22.1. The van der Waals surface area contributed by atoms with Gasteiger partial charge in [0.15, 0.2) is 0 Å². The van der Waals surface area contributed by atoms with Crippen LogP contribution in [0.4, 0.5) is 0 Å². The van der Waals surface area contributed by atoms with Crippen molar-refractivity contribution < 1.29 is 28.7 Å². The molecule has 0 aromatic heterocycles. The van der Waals surface area contributed by atoms with Crippen molar-refractivity contribution in [2.75, 3.05) is 14.2 Å². The number of esters is 2. The molecule has 148 valence electrons. The number of carbonyl (C=O) groups is 4. The minimum atomic E-state index is -1.05. The smallest absolute Gasteiger partial charge is 0.328 e. The van der Waals surface area contributed by atoms with Gasteiger partial charge in [0.2, 0.25) is 11.8 Å². The molecule has 8 nitrogen and oxygen atoms in total. The third-order valence-electron chi connectivity index (χ3n) is 4.01. The van der Waals surface area contributed by atoms with Crippen LogP contribution in [0.25, 0.3) is 0 Å². The van der Waals surface area contributed by atoms with Gasteiger partial charge in [-0.15, -0.1) is 0 Å². The number of nitrogens with one attached hydrogen (secondary N) is 2. The van der Waals surface area contributed by atoms with Crippen LogP contribution in [0.15, 0.2) is 30.3 Å². The molecule has 27 heavy (non-hydrogen) atoms. The Balaban J connectivity index is 2.94. The van der Waals surface area contributed by atoms with Crippen molar-refractivity contribution in [3.8, 4) is 0 Å². The van der Waals surface area contributed by atoms with E-state index in [0.29, 0.717) is 0 Å². The predicted molar refractivity (Wildman–Crippen MR) is 97.5 cm³/mol. The quantitative estimate of drug-likeness (QED) is 0.609. The zero-order valence-corrected chi connectivity index (χ0v) is 16.0. The largest absolute Gasteiger partial charge is 0.469 e. The average molecular weight is 378 g/mol. The fourth-order valence-corrected chi connectivity index (χ4v) is 2.58. The average Bonchev–Trinajstić information content (AvgIpc) is 2.64. The summed E-state index contributed by atoms with van der Waals surface area (Å²) >= 11 is 0. The third kappa shape index (κ3) is 7.47. The second kappa shape index (κ2) is 10.9. The molecule has 0 radical (unpaired) electrons. The van der Waals surface area contributed by atoms with E-state index in [-0.39, 0.29) is 18.7 Å². The van der Waals surface area contributed by atoms with Crippen molar-refractivity contribution in [2.45, 2.75) is 38.8 Å². The van der Waals surface area contributed by atoms with E-state index >= 15 is 0 Å². The van der Waals surface area contributed by atoms with Gasteiger partial charge in [-0.05, 0) is 11.5 Å². The molecule has 0 aliphatic heterocycles. The van der Waals surface area contributed by atoms with Gasteiger partial charge in [-0.1, -0.05) is 37.3 Å². The van der Waals surface area contributed by atoms with Gasteiger partial charge in [0, 0.05) is 13.3 Å². The van der Waals surface area contributed by atoms with E-state index in [2.05, 4.69) is 15.4 Å². The number of ether oxygens (including phenoxy) is 2. The molecular formula is C19H26N2O6. The first-order valence-electron chi connectivity index (χ1n) is 8.54. The summed E-state index contributed by atoms with van der Waals surface area (Å²) in [5, 5.41) is 5.17. The van der Waals surface area contributed by atoms with Crippen LogP contribution in [0, 0.1) is 5.92 Å². The van der Waals surface area contributed by atoms with E-state index in [1.54, 1.807) is 6.92 Å². The van der Waals surface area contributed by atoms with Crippen molar-refractivity contribution >= 4 is 23.8 Å². The van der Waals surface area contributed by atoms with Gasteiger partial charge < -0.3 is 20.1 Å². The number of methoxy groups -OCH3 is 2. The molecule has 2 N–H and O–H groups in total. The summed E-state index contributed by atoms with van der Waals surface area (Å²) in [5.74, 6) is -2.65. The molecule has 0 unspecified atom stereocenters. The zero-order valence-electron chi connectivity index (χ0n) is 16.0. The molecule has 0 aliphatic carbocycles. The van der Waals surface area contributed by atoms with E-state index in [0.717, 1.165) is 5.56 Å². The zero-order chi connectivity index (χ0) is 20.4. The van der Waals surface area contributed by atoms with Gasteiger partial charge in [-0.3, -0.25) is 14.4 Å². The molecule has 0 saturated carbocycles. The topological polar surface area (TPSA) is 111 Å². The summed E-state index contributed by atoms with van der Waals surface area (Å²) in [5.41, 5.74) is 0.851. The standard InChI is InChI=1S/C19H26N2O6/c1-12(10-16(23)26-3)17(19(25)27-4)21-18(24)15(20-13(2)22)11-14-8-6-5-7-9-14/h5-9,12,15,17H,10-11H2,1-4H3,(H,20,22)(H,21,24)/t12-,15+,17-/m1/s1. The highest BCUT2D eigenvalue weighted by molar-refractivity contribution is 5.90. The fourth-order valence-electron chi connectivity index (χ4n) is 2.58. The van der Waals surface area contributed by atoms with Crippen molar-refractivity contribution in [2.24, 2.45) is 5.92 Å². The second-order valence-electron chi connectivity index (χ2n) is 6.21. The molecule has 1 aromatic carbocycles. The van der Waals surface area contributed by atoms with Crippen LogP contribution in [-0.4, -0.2) is 50.1 Å². The number of carbonyl (C=O) groups excluding carboxylic acids is 4. The monoisotopic (exact) mass is 378 g/mol. The predicted octanol–water partition coefficient (Wildman–Crippen LogP) is 0.591. The summed E-state index contributed by atoms with van der Waals surface area (Å²) in [4.78, 5) is 47.8. The summed E-state index contributed by atoms with van der Waals surface area (Å²) < 4.78 is 9.34. The number of hydrogen-bond acceptors (Lipinski definition) is 6. The highest BCUT2D eigenvalue weighted by atomic mass is 16.5. The Morgan fingerprint density at radius 1 is 1.00 bits per heavy atom. The molecule has 0 aliphatic rings. The normalized spacial score (nSPS) is 13.6. The molecule has 1 aromatic rings. The van der Waals surface area contributed by atoms with Crippen molar-refractivity contribution in [3.63, 3.8) is 0 Å². The van der Waals surface area contributed by atoms with Crippen molar-refractivity contribution in [1.29, 1.82) is 0 Å². The first-order chi connectivity index (χ1) is 12.8. The lowest BCUT2D eigenvalue weighted by Gasteiger charge is -2.25. The van der Waals surface area contributed by atoms with Gasteiger partial charge in [-0.25, -0.2) is 4.79 Å². The second-order valence-corrected chi connectivity index (χ2v) is 6.21. The SMILES string of the molecule is COC(=O)C[C@@H](C)[C@@H](NC(=O)[C@H](Cc1ccccc1)NC(C)=O)C(=O)OC. The minimum absolute atomic E-state index is 0.0694. The van der Waals surface area contributed by atoms with Crippen LogP contribution >= 0.6 is 0 Å². The maximum absolute atomic E-state index is 12.7. The molecular weight excluding hydrogens is 352 g/mol. The highest BCUT2D eigenvalue weighted by Gasteiger charge is 2.32. The Morgan fingerprint density at radius 3 is 2.15 bits per heavy atom. The van der Waals surface area contributed by atoms with Gasteiger partial charge in [0.05, 0.1) is 20.6 Å². The van der Waals surface area contributed by atoms with Gasteiger partial charge >= 0.3 is 11.9 Å². The van der Waals surface area contributed by atoms with Crippen LogP contribution in [-0.2, 0) is 35.1 Å². The molecule has 1 rings (SSSR count). The van der Waals surface area contributed by atoms with E-state index in [1.165, 1.54) is 21.1 Å². The Bertz CT molecular complexity index is 661. The van der Waals surface area contributed by atoms with E-state index in [1.807, 2.05) is 30.3 Å². The maximum Gasteiger partial charge on any atom is 0.328 e. The molecule has 0 heterocycles. The molecule has 0 bridgehead atoms. The van der Waals surface area contributed by atoms with E-state index < -0.39 is 35.8 Å². The number of amides is 2.